The molecule has 2 rings (SSSR count). The molecule has 0 N–H and O–H groups in total. The van der Waals surface area contributed by atoms with Crippen molar-refractivity contribution in [2.24, 2.45) is 0 Å². The maximum atomic E-state index is 12.7. The molecule has 1 saturated heterocycles. The Kier molecular flexibility index (Phi) is 3.04. The van der Waals surface area contributed by atoms with Gasteiger partial charge in [-0.25, -0.2) is 17.2 Å². The van der Waals surface area contributed by atoms with Gasteiger partial charge in [0.1, 0.15) is 0 Å². The van der Waals surface area contributed by atoms with E-state index in [2.05, 4.69) is 15.9 Å². The topological polar surface area (TPSA) is 37.4 Å². The van der Waals surface area contributed by atoms with Gasteiger partial charge in [-0.05, 0) is 30.7 Å². The van der Waals surface area contributed by atoms with E-state index in [0.717, 1.165) is 14.3 Å². The summed E-state index contributed by atoms with van der Waals surface area (Å²) in [4.78, 5) is 0.0497. The Hall–Kier alpha value is -0.530. The van der Waals surface area contributed by atoms with E-state index in [4.69, 9.17) is 0 Å². The predicted molar refractivity (Wildman–Crippen MR) is 62.6 cm³/mol. The molecule has 1 fully saturated rings. The second-order valence-electron chi connectivity index (χ2n) is 4.04. The minimum atomic E-state index is -3.78. The maximum absolute atomic E-state index is 12.7. The maximum Gasteiger partial charge on any atom is 0.275 e. The van der Waals surface area contributed by atoms with Gasteiger partial charge in [0.05, 0.1) is 18.0 Å². The van der Waals surface area contributed by atoms with E-state index in [1.165, 1.54) is 12.1 Å². The quantitative estimate of drug-likeness (QED) is 0.837. The van der Waals surface area contributed by atoms with Crippen LogP contribution in [0.25, 0.3) is 0 Å². The Morgan fingerprint density at radius 1 is 1.35 bits per heavy atom. The molecule has 94 valence electrons. The van der Waals surface area contributed by atoms with E-state index in [-0.39, 0.29) is 4.90 Å². The van der Waals surface area contributed by atoms with Crippen molar-refractivity contribution in [3.63, 3.8) is 0 Å². The van der Waals surface area contributed by atoms with Crippen LogP contribution in [0, 0.1) is 6.92 Å². The molecule has 3 nitrogen and oxygen atoms in total. The summed E-state index contributed by atoms with van der Waals surface area (Å²) < 4.78 is 50.8. The number of nitrogens with zero attached hydrogens (tertiary/aromatic N) is 1. The Balaban J connectivity index is 2.30. The first-order chi connectivity index (χ1) is 7.72. The van der Waals surface area contributed by atoms with Crippen molar-refractivity contribution in [3.8, 4) is 0 Å². The van der Waals surface area contributed by atoms with Crippen LogP contribution in [-0.2, 0) is 10.0 Å². The molecule has 0 atom stereocenters. The predicted octanol–water partition coefficient (Wildman–Crippen LogP) is 2.40. The van der Waals surface area contributed by atoms with Gasteiger partial charge in [-0.15, -0.1) is 0 Å². The summed E-state index contributed by atoms with van der Waals surface area (Å²) in [6.45, 7) is 0.280. The van der Waals surface area contributed by atoms with E-state index in [9.17, 15) is 17.2 Å². The molecule has 0 saturated carbocycles. The van der Waals surface area contributed by atoms with Crippen LogP contribution in [0.2, 0.25) is 0 Å². The number of hydrogen-bond acceptors (Lipinski definition) is 2. The van der Waals surface area contributed by atoms with E-state index in [1.54, 1.807) is 13.0 Å². The third kappa shape index (κ3) is 2.36. The fourth-order valence-corrected chi connectivity index (χ4v) is 3.39. The Morgan fingerprint density at radius 2 is 1.94 bits per heavy atom. The summed E-state index contributed by atoms with van der Waals surface area (Å²) in [7, 11) is -3.78. The van der Waals surface area contributed by atoms with Crippen LogP contribution < -0.4 is 0 Å². The molecule has 17 heavy (non-hydrogen) atoms. The molecule has 0 amide bonds. The first-order valence-corrected chi connectivity index (χ1v) is 7.10. The lowest BCUT2D eigenvalue weighted by Crippen LogP contribution is -2.58. The van der Waals surface area contributed by atoms with Crippen molar-refractivity contribution in [2.45, 2.75) is 17.7 Å². The Labute approximate surface area is 107 Å². The molecule has 0 aliphatic carbocycles. The van der Waals surface area contributed by atoms with Crippen LogP contribution in [-0.4, -0.2) is 31.7 Å². The van der Waals surface area contributed by atoms with E-state index < -0.39 is 29.0 Å². The standard InChI is InChI=1S/C10H10BrF2NO2S/c1-7-4-8(2-3-9(7)11)17(15,16)14-5-10(12,13)6-14/h2-4H,5-6H2,1H3. The molecule has 0 aromatic heterocycles. The lowest BCUT2D eigenvalue weighted by molar-refractivity contribution is -0.0945. The molecule has 7 heteroatoms. The van der Waals surface area contributed by atoms with Crippen LogP contribution in [0.3, 0.4) is 0 Å². The van der Waals surface area contributed by atoms with Crippen LogP contribution in [0.5, 0.6) is 0 Å². The second-order valence-corrected chi connectivity index (χ2v) is 6.83. The molecule has 1 heterocycles. The molecule has 0 spiro atoms. The van der Waals surface area contributed by atoms with Crippen molar-refractivity contribution in [1.29, 1.82) is 0 Å². The van der Waals surface area contributed by atoms with Crippen molar-refractivity contribution in [3.05, 3.63) is 28.2 Å². The van der Waals surface area contributed by atoms with Gasteiger partial charge in [0.2, 0.25) is 10.0 Å². The van der Waals surface area contributed by atoms with Crippen LogP contribution in [0.1, 0.15) is 5.56 Å². The van der Waals surface area contributed by atoms with Gasteiger partial charge in [-0.3, -0.25) is 0 Å². The molecular formula is C10H10BrF2NO2S. The van der Waals surface area contributed by atoms with Crippen molar-refractivity contribution in [2.75, 3.05) is 13.1 Å². The fraction of sp³-hybridized carbons (Fsp3) is 0.400. The van der Waals surface area contributed by atoms with Gasteiger partial charge in [0.15, 0.2) is 0 Å². The smallest absolute Gasteiger partial charge is 0.207 e. The molecule has 1 aromatic rings. The first kappa shape index (κ1) is 12.9. The Morgan fingerprint density at radius 3 is 2.41 bits per heavy atom. The van der Waals surface area contributed by atoms with Gasteiger partial charge in [-0.2, -0.15) is 4.31 Å². The van der Waals surface area contributed by atoms with Crippen molar-refractivity contribution in [1.82, 2.24) is 4.31 Å². The summed E-state index contributed by atoms with van der Waals surface area (Å²) in [6.07, 6.45) is 0. The van der Waals surface area contributed by atoms with E-state index in [0.29, 0.717) is 0 Å². The fourth-order valence-electron chi connectivity index (χ4n) is 1.57. The van der Waals surface area contributed by atoms with Crippen LogP contribution in [0.15, 0.2) is 27.6 Å². The number of alkyl halides is 2. The first-order valence-electron chi connectivity index (χ1n) is 4.86. The SMILES string of the molecule is Cc1cc(S(=O)(=O)N2CC(F)(F)C2)ccc1Br. The number of hydrogen-bond donors (Lipinski definition) is 0. The highest BCUT2D eigenvalue weighted by Crippen LogP contribution is 2.32. The van der Waals surface area contributed by atoms with Crippen LogP contribution >= 0.6 is 15.9 Å². The Bertz CT molecular complexity index is 551. The molecule has 0 bridgehead atoms. The average molecular weight is 326 g/mol. The highest BCUT2D eigenvalue weighted by atomic mass is 79.9. The highest BCUT2D eigenvalue weighted by molar-refractivity contribution is 9.10. The van der Waals surface area contributed by atoms with Crippen LogP contribution in [0.4, 0.5) is 8.78 Å². The minimum Gasteiger partial charge on any atom is -0.207 e. The lowest BCUT2D eigenvalue weighted by Gasteiger charge is -2.37. The number of halogens is 3. The summed E-state index contributed by atoms with van der Waals surface area (Å²) in [5.41, 5.74) is 0.748. The number of benzene rings is 1. The number of aryl methyl sites for hydroxylation is 1. The zero-order chi connectivity index (χ0) is 12.8. The average Bonchev–Trinajstić information content (AvgIpc) is 2.18. The van der Waals surface area contributed by atoms with E-state index in [1.807, 2.05) is 0 Å². The molecule has 1 aliphatic rings. The summed E-state index contributed by atoms with van der Waals surface area (Å²) >= 11 is 3.25. The zero-order valence-electron chi connectivity index (χ0n) is 8.95. The zero-order valence-corrected chi connectivity index (χ0v) is 11.4. The largest absolute Gasteiger partial charge is 0.275 e. The van der Waals surface area contributed by atoms with Crippen molar-refractivity contribution >= 4 is 26.0 Å². The summed E-state index contributed by atoms with van der Waals surface area (Å²) in [6, 6.07) is 4.47. The van der Waals surface area contributed by atoms with Gasteiger partial charge in [0.25, 0.3) is 5.92 Å². The monoisotopic (exact) mass is 325 g/mol. The van der Waals surface area contributed by atoms with Gasteiger partial charge < -0.3 is 0 Å². The molecule has 1 aromatic carbocycles. The van der Waals surface area contributed by atoms with Crippen molar-refractivity contribution < 1.29 is 17.2 Å². The van der Waals surface area contributed by atoms with E-state index >= 15 is 0 Å². The summed E-state index contributed by atoms with van der Waals surface area (Å²) in [5, 5.41) is 0. The molecule has 0 unspecified atom stereocenters. The van der Waals surface area contributed by atoms with Gasteiger partial charge in [-0.1, -0.05) is 15.9 Å². The third-order valence-electron chi connectivity index (χ3n) is 2.58. The second kappa shape index (κ2) is 4.00. The molecule has 1 aliphatic heterocycles. The van der Waals surface area contributed by atoms with Gasteiger partial charge >= 0.3 is 0 Å². The lowest BCUT2D eigenvalue weighted by atomic mass is 10.2. The molecule has 0 radical (unpaired) electrons. The van der Waals surface area contributed by atoms with Gasteiger partial charge in [0, 0.05) is 4.47 Å². The summed E-state index contributed by atoms with van der Waals surface area (Å²) in [5.74, 6) is -2.89. The third-order valence-corrected chi connectivity index (χ3v) is 5.26. The normalized spacial score (nSPS) is 20.0. The minimum absolute atomic E-state index is 0.0497. The number of rotatable bonds is 2. The molecular weight excluding hydrogens is 316 g/mol. The highest BCUT2D eigenvalue weighted by Gasteiger charge is 2.49. The number of sulfonamides is 1.